The summed E-state index contributed by atoms with van der Waals surface area (Å²) in [6.07, 6.45) is 5.18. The van der Waals surface area contributed by atoms with Gasteiger partial charge in [-0.3, -0.25) is 9.69 Å². The highest BCUT2D eigenvalue weighted by Crippen LogP contribution is 2.25. The molecule has 0 spiro atoms. The average Bonchev–Trinajstić information content (AvgIpc) is 3.35. The quantitative estimate of drug-likeness (QED) is 0.715. The Morgan fingerprint density at radius 1 is 0.871 bits per heavy atom. The van der Waals surface area contributed by atoms with Gasteiger partial charge in [0.25, 0.3) is 5.91 Å². The molecule has 2 aromatic rings. The van der Waals surface area contributed by atoms with Crippen LogP contribution in [0.25, 0.3) is 0 Å². The van der Waals surface area contributed by atoms with Gasteiger partial charge in [-0.15, -0.1) is 0 Å². The molecule has 0 saturated carbocycles. The van der Waals surface area contributed by atoms with E-state index in [9.17, 15) is 13.2 Å². The maximum Gasteiger partial charge on any atom is 0.251 e. The number of rotatable bonds is 7. The average molecular weight is 442 g/mol. The zero-order valence-electron chi connectivity index (χ0n) is 17.9. The van der Waals surface area contributed by atoms with Crippen LogP contribution in [-0.2, 0) is 10.0 Å². The first-order chi connectivity index (χ1) is 15.1. The van der Waals surface area contributed by atoms with Crippen LogP contribution in [0.5, 0.6) is 0 Å². The fourth-order valence-corrected chi connectivity index (χ4v) is 6.09. The van der Waals surface area contributed by atoms with Crippen molar-refractivity contribution in [3.63, 3.8) is 0 Å². The number of nitrogens with zero attached hydrogens (tertiary/aromatic N) is 2. The molecular formula is C24H31N3O3S. The lowest BCUT2D eigenvalue weighted by molar-refractivity contribution is 0.0937. The number of likely N-dealkylation sites (tertiary alicyclic amines) is 1. The van der Waals surface area contributed by atoms with Gasteiger partial charge < -0.3 is 5.32 Å². The second-order valence-corrected chi connectivity index (χ2v) is 10.3. The van der Waals surface area contributed by atoms with E-state index in [2.05, 4.69) is 22.3 Å². The molecule has 1 atom stereocenters. The van der Waals surface area contributed by atoms with Crippen LogP contribution in [-0.4, -0.2) is 56.3 Å². The molecule has 2 fully saturated rings. The van der Waals surface area contributed by atoms with Crippen molar-refractivity contribution in [3.8, 4) is 0 Å². The van der Waals surface area contributed by atoms with Crippen molar-refractivity contribution in [3.05, 3.63) is 65.7 Å². The Morgan fingerprint density at radius 3 is 2.26 bits per heavy atom. The summed E-state index contributed by atoms with van der Waals surface area (Å²) < 4.78 is 27.5. The number of carbonyl (C=O) groups is 1. The van der Waals surface area contributed by atoms with Crippen LogP contribution in [0.3, 0.4) is 0 Å². The van der Waals surface area contributed by atoms with E-state index in [-0.39, 0.29) is 16.8 Å². The summed E-state index contributed by atoms with van der Waals surface area (Å²) in [5.74, 6) is -0.240. The molecule has 4 rings (SSSR count). The third-order valence-electron chi connectivity index (χ3n) is 6.27. The van der Waals surface area contributed by atoms with Crippen molar-refractivity contribution in [1.29, 1.82) is 0 Å². The molecule has 0 radical (unpaired) electrons. The Balaban J connectivity index is 1.47. The van der Waals surface area contributed by atoms with Gasteiger partial charge in [0.15, 0.2) is 0 Å². The lowest BCUT2D eigenvalue weighted by Crippen LogP contribution is -2.37. The Morgan fingerprint density at radius 2 is 1.55 bits per heavy atom. The van der Waals surface area contributed by atoms with Crippen LogP contribution in [0.15, 0.2) is 59.5 Å². The zero-order chi connectivity index (χ0) is 21.7. The molecule has 1 N–H and O–H groups in total. The summed E-state index contributed by atoms with van der Waals surface area (Å²) in [6, 6.07) is 16.8. The Hall–Kier alpha value is -2.22. The van der Waals surface area contributed by atoms with E-state index in [1.165, 1.54) is 28.8 Å². The molecule has 2 saturated heterocycles. The topological polar surface area (TPSA) is 69.7 Å². The first kappa shape index (κ1) is 22.0. The third-order valence-corrected chi connectivity index (χ3v) is 8.17. The van der Waals surface area contributed by atoms with Crippen molar-refractivity contribution in [2.24, 2.45) is 0 Å². The summed E-state index contributed by atoms with van der Waals surface area (Å²) in [5, 5.41) is 3.04. The number of carbonyl (C=O) groups excluding carboxylic acids is 1. The molecule has 0 bridgehead atoms. The van der Waals surface area contributed by atoms with Gasteiger partial charge in [-0.25, -0.2) is 8.42 Å². The van der Waals surface area contributed by atoms with E-state index < -0.39 is 10.0 Å². The van der Waals surface area contributed by atoms with Crippen molar-refractivity contribution in [1.82, 2.24) is 14.5 Å². The molecule has 166 valence electrons. The highest BCUT2D eigenvalue weighted by Gasteiger charge is 2.27. The smallest absolute Gasteiger partial charge is 0.251 e. The number of amides is 1. The maximum absolute atomic E-state index is 13.0. The predicted molar refractivity (Wildman–Crippen MR) is 121 cm³/mol. The molecule has 2 aliphatic heterocycles. The lowest BCUT2D eigenvalue weighted by Gasteiger charge is -2.28. The fraction of sp³-hybridized carbons (Fsp3) is 0.458. The van der Waals surface area contributed by atoms with Crippen LogP contribution < -0.4 is 5.32 Å². The van der Waals surface area contributed by atoms with E-state index in [0.29, 0.717) is 25.2 Å². The molecule has 7 heteroatoms. The monoisotopic (exact) mass is 441 g/mol. The number of hydrogen-bond acceptors (Lipinski definition) is 4. The van der Waals surface area contributed by atoms with E-state index in [1.807, 2.05) is 18.2 Å². The Kier molecular flexibility index (Phi) is 7.05. The summed E-state index contributed by atoms with van der Waals surface area (Å²) in [4.78, 5) is 15.5. The molecule has 2 aliphatic rings. The van der Waals surface area contributed by atoms with E-state index in [1.54, 1.807) is 18.2 Å². The summed E-state index contributed by atoms with van der Waals surface area (Å²) in [5.41, 5.74) is 1.57. The SMILES string of the molecule is O=C(NCC(c1ccccc1)N1CCCC1)c1cccc(S(=O)(=O)N2CCCCC2)c1. The van der Waals surface area contributed by atoms with Crippen molar-refractivity contribution in [2.45, 2.75) is 43.0 Å². The van der Waals surface area contributed by atoms with Gasteiger partial charge in [-0.2, -0.15) is 4.31 Å². The number of sulfonamides is 1. The van der Waals surface area contributed by atoms with E-state index in [4.69, 9.17) is 0 Å². The zero-order valence-corrected chi connectivity index (χ0v) is 18.7. The summed E-state index contributed by atoms with van der Waals surface area (Å²) in [6.45, 7) is 3.64. The van der Waals surface area contributed by atoms with Crippen LogP contribution in [0.4, 0.5) is 0 Å². The highest BCUT2D eigenvalue weighted by molar-refractivity contribution is 7.89. The number of benzene rings is 2. The molecule has 6 nitrogen and oxygen atoms in total. The van der Waals surface area contributed by atoms with Crippen molar-refractivity contribution >= 4 is 15.9 Å². The first-order valence-corrected chi connectivity index (χ1v) is 12.7. The van der Waals surface area contributed by atoms with Gasteiger partial charge in [-0.05, 0) is 62.5 Å². The van der Waals surface area contributed by atoms with Crippen LogP contribution in [0, 0.1) is 0 Å². The standard InChI is InChI=1S/C24H31N3O3S/c28-24(25-19-23(26-14-7-8-15-26)20-10-3-1-4-11-20)21-12-9-13-22(18-21)31(29,30)27-16-5-2-6-17-27/h1,3-4,9-13,18,23H,2,5-8,14-17,19H2,(H,25,28). The highest BCUT2D eigenvalue weighted by atomic mass is 32.2. The number of hydrogen-bond donors (Lipinski definition) is 1. The minimum Gasteiger partial charge on any atom is -0.350 e. The minimum atomic E-state index is -3.56. The minimum absolute atomic E-state index is 0.118. The molecule has 2 aromatic carbocycles. The Labute approximate surface area is 185 Å². The Bertz CT molecular complexity index is 982. The maximum atomic E-state index is 13.0. The predicted octanol–water partition coefficient (Wildman–Crippen LogP) is 3.43. The van der Waals surface area contributed by atoms with Crippen molar-refractivity contribution < 1.29 is 13.2 Å². The van der Waals surface area contributed by atoms with Gasteiger partial charge in [-0.1, -0.05) is 42.8 Å². The van der Waals surface area contributed by atoms with E-state index in [0.717, 1.165) is 32.4 Å². The molecule has 0 aliphatic carbocycles. The third kappa shape index (κ3) is 5.17. The second kappa shape index (κ2) is 9.94. The van der Waals surface area contributed by atoms with Crippen molar-refractivity contribution in [2.75, 3.05) is 32.7 Å². The summed E-state index contributed by atoms with van der Waals surface area (Å²) >= 11 is 0. The fourth-order valence-electron chi connectivity index (χ4n) is 4.53. The van der Waals surface area contributed by atoms with Gasteiger partial charge >= 0.3 is 0 Å². The molecule has 0 aromatic heterocycles. The number of nitrogens with one attached hydrogen (secondary N) is 1. The lowest BCUT2D eigenvalue weighted by atomic mass is 10.1. The van der Waals surface area contributed by atoms with Gasteiger partial charge in [0.05, 0.1) is 10.9 Å². The summed E-state index contributed by atoms with van der Waals surface area (Å²) in [7, 11) is -3.56. The van der Waals surface area contributed by atoms with Gasteiger partial charge in [0, 0.05) is 25.2 Å². The van der Waals surface area contributed by atoms with Gasteiger partial charge in [0.1, 0.15) is 0 Å². The van der Waals surface area contributed by atoms with Crippen LogP contribution in [0.1, 0.15) is 54.1 Å². The number of piperidine rings is 1. The van der Waals surface area contributed by atoms with E-state index >= 15 is 0 Å². The normalized spacial score (nSPS) is 19.2. The molecule has 1 unspecified atom stereocenters. The molecule has 2 heterocycles. The van der Waals surface area contributed by atoms with Gasteiger partial charge in [0.2, 0.25) is 10.0 Å². The van der Waals surface area contributed by atoms with Crippen LogP contribution in [0.2, 0.25) is 0 Å². The second-order valence-electron chi connectivity index (χ2n) is 8.37. The van der Waals surface area contributed by atoms with Crippen LogP contribution >= 0.6 is 0 Å². The molecule has 31 heavy (non-hydrogen) atoms. The molecule has 1 amide bonds. The molecular weight excluding hydrogens is 410 g/mol. The largest absolute Gasteiger partial charge is 0.350 e. The first-order valence-electron chi connectivity index (χ1n) is 11.2.